The molecule has 0 aliphatic rings. The molecule has 0 rings (SSSR count). The number of carboxylic acids is 2. The van der Waals surface area contributed by atoms with E-state index in [0.717, 1.165) is 25.7 Å². The molecular formula is C18H34O4. The van der Waals surface area contributed by atoms with E-state index < -0.39 is 11.9 Å². The summed E-state index contributed by atoms with van der Waals surface area (Å²) in [4.78, 5) is 22.5. The Morgan fingerprint density at radius 1 is 0.636 bits per heavy atom. The number of rotatable bonds is 15. The van der Waals surface area contributed by atoms with Crippen LogP contribution in [0.3, 0.4) is 0 Å². The third kappa shape index (κ3) is 10.6. The van der Waals surface area contributed by atoms with Gasteiger partial charge in [-0.2, -0.15) is 0 Å². The summed E-state index contributed by atoms with van der Waals surface area (Å²) in [6.45, 7) is 4.22. The highest BCUT2D eigenvalue weighted by atomic mass is 16.4. The Bertz CT molecular complexity index is 301. The van der Waals surface area contributed by atoms with Crippen molar-refractivity contribution in [2.75, 3.05) is 0 Å². The van der Waals surface area contributed by atoms with Crippen molar-refractivity contribution in [3.8, 4) is 0 Å². The molecule has 0 aromatic carbocycles. The molecule has 22 heavy (non-hydrogen) atoms. The van der Waals surface area contributed by atoms with Gasteiger partial charge in [-0.05, 0) is 25.7 Å². The predicted octanol–water partition coefficient (Wildman–Crippen LogP) is 5.11. The first kappa shape index (κ1) is 20.9. The highest BCUT2D eigenvalue weighted by Gasteiger charge is 2.22. The van der Waals surface area contributed by atoms with Gasteiger partial charge in [0.15, 0.2) is 0 Å². The van der Waals surface area contributed by atoms with Gasteiger partial charge < -0.3 is 10.2 Å². The minimum absolute atomic E-state index is 0.380. The molecule has 130 valence electrons. The lowest BCUT2D eigenvalue weighted by Crippen LogP contribution is -2.19. The molecule has 0 bridgehead atoms. The standard InChI is InChI=1S/C18H34O4/c1-3-5-7-8-9-10-12-16(18(21)22)14-13-15(17(19)20)11-6-4-2/h15-16H,3-14H2,1-2H3,(H,19,20)(H,21,22). The molecule has 0 amide bonds. The van der Waals surface area contributed by atoms with Gasteiger partial charge in [-0.3, -0.25) is 9.59 Å². The van der Waals surface area contributed by atoms with Crippen LogP contribution in [0.25, 0.3) is 0 Å². The van der Waals surface area contributed by atoms with E-state index in [9.17, 15) is 19.8 Å². The highest BCUT2D eigenvalue weighted by Crippen LogP contribution is 2.23. The van der Waals surface area contributed by atoms with Crippen molar-refractivity contribution in [3.63, 3.8) is 0 Å². The molecule has 0 spiro atoms. The van der Waals surface area contributed by atoms with Gasteiger partial charge in [0.2, 0.25) is 0 Å². The van der Waals surface area contributed by atoms with E-state index in [0.29, 0.717) is 25.7 Å². The summed E-state index contributed by atoms with van der Waals surface area (Å²) in [5.41, 5.74) is 0. The summed E-state index contributed by atoms with van der Waals surface area (Å²) in [6.07, 6.45) is 11.1. The first-order valence-electron chi connectivity index (χ1n) is 8.98. The van der Waals surface area contributed by atoms with Crippen LogP contribution in [0.1, 0.15) is 90.9 Å². The van der Waals surface area contributed by atoms with Crippen LogP contribution in [0, 0.1) is 11.8 Å². The summed E-state index contributed by atoms with van der Waals surface area (Å²) >= 11 is 0. The third-order valence-corrected chi connectivity index (χ3v) is 4.37. The topological polar surface area (TPSA) is 74.6 Å². The fraction of sp³-hybridized carbons (Fsp3) is 0.889. The van der Waals surface area contributed by atoms with Gasteiger partial charge in [-0.25, -0.2) is 0 Å². The lowest BCUT2D eigenvalue weighted by Gasteiger charge is -2.16. The van der Waals surface area contributed by atoms with Crippen molar-refractivity contribution in [2.24, 2.45) is 11.8 Å². The Labute approximate surface area is 135 Å². The monoisotopic (exact) mass is 314 g/mol. The molecule has 4 heteroatoms. The molecule has 2 atom stereocenters. The smallest absolute Gasteiger partial charge is 0.306 e. The quantitative estimate of drug-likeness (QED) is 0.412. The average Bonchev–Trinajstić information content (AvgIpc) is 2.47. The van der Waals surface area contributed by atoms with Crippen LogP contribution >= 0.6 is 0 Å². The molecule has 0 heterocycles. The lowest BCUT2D eigenvalue weighted by molar-refractivity contribution is -0.145. The molecule has 2 N–H and O–H groups in total. The molecular weight excluding hydrogens is 280 g/mol. The van der Waals surface area contributed by atoms with Gasteiger partial charge in [0.25, 0.3) is 0 Å². The van der Waals surface area contributed by atoms with Crippen molar-refractivity contribution in [1.82, 2.24) is 0 Å². The number of hydrogen-bond donors (Lipinski definition) is 2. The summed E-state index contributed by atoms with van der Waals surface area (Å²) in [5, 5.41) is 18.5. The highest BCUT2D eigenvalue weighted by molar-refractivity contribution is 5.71. The zero-order chi connectivity index (χ0) is 16.8. The van der Waals surface area contributed by atoms with Gasteiger partial charge in [0.05, 0.1) is 11.8 Å². The Morgan fingerprint density at radius 2 is 1.05 bits per heavy atom. The zero-order valence-electron chi connectivity index (χ0n) is 14.4. The SMILES string of the molecule is CCCCCCCCC(CCC(CCCC)C(=O)O)C(=O)O. The maximum Gasteiger partial charge on any atom is 0.306 e. The molecule has 0 fully saturated rings. The molecule has 0 radical (unpaired) electrons. The molecule has 0 aromatic heterocycles. The normalized spacial score (nSPS) is 13.7. The number of unbranched alkanes of at least 4 members (excludes halogenated alkanes) is 6. The molecule has 0 aliphatic heterocycles. The van der Waals surface area contributed by atoms with E-state index in [1.165, 1.54) is 25.7 Å². The Morgan fingerprint density at radius 3 is 1.50 bits per heavy atom. The van der Waals surface area contributed by atoms with Crippen LogP contribution in [-0.4, -0.2) is 22.2 Å². The van der Waals surface area contributed by atoms with Gasteiger partial charge in [-0.15, -0.1) is 0 Å². The first-order valence-corrected chi connectivity index (χ1v) is 8.98. The Hall–Kier alpha value is -1.06. The number of hydrogen-bond acceptors (Lipinski definition) is 2. The van der Waals surface area contributed by atoms with E-state index in [4.69, 9.17) is 0 Å². The molecule has 0 aromatic rings. The molecule has 4 nitrogen and oxygen atoms in total. The van der Waals surface area contributed by atoms with Crippen molar-refractivity contribution >= 4 is 11.9 Å². The third-order valence-electron chi connectivity index (χ3n) is 4.37. The molecule has 0 saturated carbocycles. The number of aliphatic carboxylic acids is 2. The van der Waals surface area contributed by atoms with Gasteiger partial charge in [0.1, 0.15) is 0 Å². The predicted molar refractivity (Wildman–Crippen MR) is 89.0 cm³/mol. The lowest BCUT2D eigenvalue weighted by atomic mass is 9.89. The summed E-state index contributed by atoms with van der Waals surface area (Å²) in [5.74, 6) is -2.31. The zero-order valence-corrected chi connectivity index (χ0v) is 14.4. The van der Waals surface area contributed by atoms with Gasteiger partial charge in [-0.1, -0.05) is 65.2 Å². The van der Waals surface area contributed by atoms with Crippen LogP contribution in [0.15, 0.2) is 0 Å². The van der Waals surface area contributed by atoms with Crippen molar-refractivity contribution in [2.45, 2.75) is 90.9 Å². The van der Waals surface area contributed by atoms with E-state index in [-0.39, 0.29) is 11.8 Å². The van der Waals surface area contributed by atoms with Crippen LogP contribution < -0.4 is 0 Å². The number of carbonyl (C=O) groups is 2. The minimum atomic E-state index is -0.780. The Kier molecular flexibility index (Phi) is 12.9. The van der Waals surface area contributed by atoms with E-state index in [1.54, 1.807) is 0 Å². The fourth-order valence-electron chi connectivity index (χ4n) is 2.81. The van der Waals surface area contributed by atoms with Crippen molar-refractivity contribution in [1.29, 1.82) is 0 Å². The Balaban J connectivity index is 4.06. The van der Waals surface area contributed by atoms with Gasteiger partial charge in [0, 0.05) is 0 Å². The second-order valence-electron chi connectivity index (χ2n) is 6.35. The largest absolute Gasteiger partial charge is 0.481 e. The molecule has 0 saturated heterocycles. The number of carboxylic acid groups (broad SMARTS) is 2. The minimum Gasteiger partial charge on any atom is -0.481 e. The van der Waals surface area contributed by atoms with Crippen molar-refractivity contribution < 1.29 is 19.8 Å². The van der Waals surface area contributed by atoms with Crippen molar-refractivity contribution in [3.05, 3.63) is 0 Å². The summed E-state index contributed by atoms with van der Waals surface area (Å²) < 4.78 is 0. The van der Waals surface area contributed by atoms with Crippen LogP contribution in [0.5, 0.6) is 0 Å². The fourth-order valence-corrected chi connectivity index (χ4v) is 2.81. The van der Waals surface area contributed by atoms with Crippen LogP contribution in [-0.2, 0) is 9.59 Å². The molecule has 2 unspecified atom stereocenters. The van der Waals surface area contributed by atoms with Crippen LogP contribution in [0.4, 0.5) is 0 Å². The van der Waals surface area contributed by atoms with Crippen LogP contribution in [0.2, 0.25) is 0 Å². The van der Waals surface area contributed by atoms with E-state index >= 15 is 0 Å². The molecule has 0 aliphatic carbocycles. The van der Waals surface area contributed by atoms with Gasteiger partial charge >= 0.3 is 11.9 Å². The van der Waals surface area contributed by atoms with E-state index in [2.05, 4.69) is 6.92 Å². The maximum atomic E-state index is 11.3. The second-order valence-corrected chi connectivity index (χ2v) is 6.35. The maximum absolute atomic E-state index is 11.3. The summed E-state index contributed by atoms with van der Waals surface area (Å²) in [7, 11) is 0. The second kappa shape index (κ2) is 13.6. The first-order chi connectivity index (χ1) is 10.5. The average molecular weight is 314 g/mol. The van der Waals surface area contributed by atoms with E-state index in [1.807, 2.05) is 6.92 Å². The summed E-state index contributed by atoms with van der Waals surface area (Å²) in [6, 6.07) is 0.